The van der Waals surface area contributed by atoms with E-state index in [4.69, 9.17) is 4.74 Å². The van der Waals surface area contributed by atoms with E-state index in [1.165, 1.54) is 49.9 Å². The number of aromatic nitrogens is 3. The average molecular weight is 598 g/mol. The van der Waals surface area contributed by atoms with Crippen molar-refractivity contribution in [2.75, 3.05) is 25.1 Å². The number of nitrogens with one attached hydrogen (secondary N) is 2. The number of anilines is 1. The Morgan fingerprint density at radius 2 is 1.74 bits per heavy atom. The van der Waals surface area contributed by atoms with Gasteiger partial charge in [0, 0.05) is 35.6 Å². The number of carbonyl (C=O) groups excluding carboxylic acids is 2. The number of carbonyl (C=O) groups is 2. The van der Waals surface area contributed by atoms with Gasteiger partial charge in [-0.25, -0.2) is 4.98 Å². The number of pyridine rings is 1. The van der Waals surface area contributed by atoms with E-state index < -0.39 is 0 Å². The molecule has 2 amide bonds. The van der Waals surface area contributed by atoms with Crippen LogP contribution in [-0.2, 0) is 15.1 Å². The molecule has 0 bridgehead atoms. The lowest BCUT2D eigenvalue weighted by Crippen LogP contribution is -2.32. The molecule has 3 aromatic rings. The lowest BCUT2D eigenvalue weighted by atomic mass is 9.79. The third kappa shape index (κ3) is 11.3. The molecule has 0 atom stereocenters. The van der Waals surface area contributed by atoms with E-state index in [0.29, 0.717) is 21.8 Å². The molecule has 9 heteroatoms. The zero-order valence-electron chi connectivity index (χ0n) is 26.9. The van der Waals surface area contributed by atoms with Gasteiger partial charge >= 0.3 is 0 Å². The molecule has 0 unspecified atom stereocenters. The van der Waals surface area contributed by atoms with Gasteiger partial charge in [-0.15, -0.1) is 11.3 Å². The van der Waals surface area contributed by atoms with Gasteiger partial charge in [-0.1, -0.05) is 53.0 Å². The van der Waals surface area contributed by atoms with Gasteiger partial charge in [0.15, 0.2) is 5.13 Å². The number of aryl methyl sites for hydroxylation is 1. The second kappa shape index (κ2) is 17.2. The van der Waals surface area contributed by atoms with Crippen molar-refractivity contribution in [2.24, 2.45) is 5.41 Å². The molecule has 1 fully saturated rings. The van der Waals surface area contributed by atoms with Crippen molar-refractivity contribution >= 4 is 28.3 Å². The Bertz CT molecular complexity index is 1230. The van der Waals surface area contributed by atoms with Crippen LogP contribution < -0.4 is 10.6 Å². The van der Waals surface area contributed by atoms with Gasteiger partial charge < -0.3 is 19.9 Å². The summed E-state index contributed by atoms with van der Waals surface area (Å²) >= 11 is 1.32. The second-order valence-electron chi connectivity index (χ2n) is 11.9. The summed E-state index contributed by atoms with van der Waals surface area (Å²) in [6, 6.07) is 7.44. The van der Waals surface area contributed by atoms with Gasteiger partial charge in [0.1, 0.15) is 5.69 Å². The van der Waals surface area contributed by atoms with E-state index in [9.17, 15) is 9.59 Å². The van der Waals surface area contributed by atoms with Crippen molar-refractivity contribution in [3.05, 3.63) is 53.3 Å². The smallest absolute Gasteiger partial charge is 0.253 e. The minimum Gasteiger partial charge on any atom is -0.381 e. The topological polar surface area (TPSA) is 98.1 Å². The SMILES string of the molecule is CCC.CCCC1(CCC)CCOC1.Cc1cccc(-c2csc(NC(=O)CNC(=O)c3ccn(C(C)(C)C)c3)n2)n1. The minimum atomic E-state index is -0.332. The maximum absolute atomic E-state index is 12.2. The van der Waals surface area contributed by atoms with E-state index >= 15 is 0 Å². The highest BCUT2D eigenvalue weighted by Crippen LogP contribution is 2.37. The van der Waals surface area contributed by atoms with Crippen molar-refractivity contribution in [1.29, 1.82) is 0 Å². The van der Waals surface area contributed by atoms with Gasteiger partial charge in [-0.05, 0) is 70.6 Å². The van der Waals surface area contributed by atoms with E-state index in [1.54, 1.807) is 12.3 Å². The highest BCUT2D eigenvalue weighted by Gasteiger charge is 2.32. The molecule has 4 heterocycles. The fourth-order valence-electron chi connectivity index (χ4n) is 4.74. The molecule has 1 saturated heterocycles. The van der Waals surface area contributed by atoms with Crippen molar-refractivity contribution in [1.82, 2.24) is 19.9 Å². The molecule has 0 aliphatic carbocycles. The summed E-state index contributed by atoms with van der Waals surface area (Å²) in [6.07, 6.45) is 11.5. The summed E-state index contributed by atoms with van der Waals surface area (Å²) in [5.74, 6) is -0.622. The molecular formula is C33H51N5O3S. The van der Waals surface area contributed by atoms with E-state index in [2.05, 4.69) is 69.1 Å². The molecule has 2 N–H and O–H groups in total. The Labute approximate surface area is 256 Å². The Hall–Kier alpha value is -3.04. The number of hydrogen-bond donors (Lipinski definition) is 2. The molecule has 232 valence electrons. The van der Waals surface area contributed by atoms with Crippen LogP contribution in [0.5, 0.6) is 0 Å². The van der Waals surface area contributed by atoms with Crippen LogP contribution in [-0.4, -0.2) is 46.1 Å². The summed E-state index contributed by atoms with van der Waals surface area (Å²) in [7, 11) is 0. The number of hydrogen-bond acceptors (Lipinski definition) is 6. The molecule has 0 aromatic carbocycles. The van der Waals surface area contributed by atoms with Crippen LogP contribution >= 0.6 is 11.3 Å². The van der Waals surface area contributed by atoms with E-state index in [-0.39, 0.29) is 23.9 Å². The van der Waals surface area contributed by atoms with Crippen LogP contribution in [0.3, 0.4) is 0 Å². The number of rotatable bonds is 9. The van der Waals surface area contributed by atoms with Crippen LogP contribution in [0.2, 0.25) is 0 Å². The normalized spacial score (nSPS) is 13.8. The van der Waals surface area contributed by atoms with Crippen LogP contribution in [0.25, 0.3) is 11.4 Å². The van der Waals surface area contributed by atoms with E-state index in [0.717, 1.165) is 24.6 Å². The molecular weight excluding hydrogens is 546 g/mol. The van der Waals surface area contributed by atoms with Crippen molar-refractivity contribution < 1.29 is 14.3 Å². The van der Waals surface area contributed by atoms with Crippen molar-refractivity contribution in [3.8, 4) is 11.4 Å². The number of amides is 2. The third-order valence-corrected chi connectivity index (χ3v) is 7.54. The zero-order valence-corrected chi connectivity index (χ0v) is 27.7. The summed E-state index contributed by atoms with van der Waals surface area (Å²) in [5.41, 5.74) is 3.35. The largest absolute Gasteiger partial charge is 0.381 e. The zero-order chi connectivity index (χ0) is 31.2. The highest BCUT2D eigenvalue weighted by molar-refractivity contribution is 7.14. The predicted molar refractivity (Wildman–Crippen MR) is 174 cm³/mol. The molecule has 0 spiro atoms. The maximum Gasteiger partial charge on any atom is 0.253 e. The van der Waals surface area contributed by atoms with Gasteiger partial charge in [-0.3, -0.25) is 14.6 Å². The fourth-order valence-corrected chi connectivity index (χ4v) is 5.46. The summed E-state index contributed by atoms with van der Waals surface area (Å²) < 4.78 is 7.42. The first-order valence-corrected chi connectivity index (χ1v) is 16.1. The fraction of sp³-hybridized carbons (Fsp3) is 0.576. The first kappa shape index (κ1) is 35.2. The first-order chi connectivity index (χ1) is 20.0. The minimum absolute atomic E-state index is 0.107. The number of ether oxygens (including phenoxy) is 1. The Morgan fingerprint density at radius 1 is 1.05 bits per heavy atom. The van der Waals surface area contributed by atoms with Crippen molar-refractivity contribution in [2.45, 2.75) is 99.5 Å². The molecule has 4 rings (SSSR count). The molecule has 3 aromatic heterocycles. The summed E-state index contributed by atoms with van der Waals surface area (Å²) in [5, 5.41) is 7.64. The average Bonchev–Trinajstić information content (AvgIpc) is 3.70. The summed E-state index contributed by atoms with van der Waals surface area (Å²) in [6.45, 7) is 18.8. The number of nitrogens with zero attached hydrogens (tertiary/aromatic N) is 3. The molecule has 1 aliphatic heterocycles. The van der Waals surface area contributed by atoms with Crippen LogP contribution in [0, 0.1) is 12.3 Å². The molecule has 1 aliphatic rings. The standard InChI is InChI=1S/C20H23N5O2S.C10H20O.C3H8/c1-13-6-5-7-15(22-13)16-12-28-19(23-16)24-17(26)10-21-18(27)14-8-9-25(11-14)20(2,3)4;1-3-5-10(6-4-2)7-8-11-9-10;1-3-2/h5-9,11-12H,10H2,1-4H3,(H,21,27)(H,23,24,26);3-9H2,1-2H3;3H2,1-2H3. The van der Waals surface area contributed by atoms with Gasteiger partial charge in [0.25, 0.3) is 5.91 Å². The van der Waals surface area contributed by atoms with Gasteiger partial charge in [0.05, 0.1) is 24.4 Å². The molecule has 0 saturated carbocycles. The van der Waals surface area contributed by atoms with Gasteiger partial charge in [0.2, 0.25) is 5.91 Å². The quantitative estimate of drug-likeness (QED) is 0.262. The highest BCUT2D eigenvalue weighted by atomic mass is 32.1. The lowest BCUT2D eigenvalue weighted by Gasteiger charge is -2.25. The third-order valence-electron chi connectivity index (χ3n) is 6.79. The second-order valence-corrected chi connectivity index (χ2v) is 12.8. The van der Waals surface area contributed by atoms with Crippen molar-refractivity contribution in [3.63, 3.8) is 0 Å². The van der Waals surface area contributed by atoms with Crippen LogP contribution in [0.15, 0.2) is 42.0 Å². The van der Waals surface area contributed by atoms with Crippen LogP contribution in [0.4, 0.5) is 5.13 Å². The first-order valence-electron chi connectivity index (χ1n) is 15.2. The number of thiazole rings is 1. The Balaban J connectivity index is 0.000000365. The molecule has 8 nitrogen and oxygen atoms in total. The maximum atomic E-state index is 12.2. The van der Waals surface area contributed by atoms with E-state index in [1.807, 2.05) is 41.3 Å². The summed E-state index contributed by atoms with van der Waals surface area (Å²) in [4.78, 5) is 33.2. The van der Waals surface area contributed by atoms with Crippen LogP contribution in [0.1, 0.15) is 103 Å². The Morgan fingerprint density at radius 3 is 2.29 bits per heavy atom. The predicted octanol–water partition coefficient (Wildman–Crippen LogP) is 7.85. The molecule has 0 radical (unpaired) electrons. The lowest BCUT2D eigenvalue weighted by molar-refractivity contribution is -0.115. The Kier molecular flexibility index (Phi) is 14.4. The monoisotopic (exact) mass is 597 g/mol. The van der Waals surface area contributed by atoms with Gasteiger partial charge in [-0.2, -0.15) is 0 Å². The molecule has 42 heavy (non-hydrogen) atoms.